The van der Waals surface area contributed by atoms with E-state index in [-0.39, 0.29) is 0 Å². The van der Waals surface area contributed by atoms with Crippen LogP contribution in [0.15, 0.2) is 71.6 Å². The summed E-state index contributed by atoms with van der Waals surface area (Å²) in [6.45, 7) is 5.91. The number of halogens is 1. The molecular weight excluding hydrogens is 476 g/mol. The lowest BCUT2D eigenvalue weighted by atomic mass is 9.99. The second-order valence-electron chi connectivity index (χ2n) is 8.50. The maximum absolute atomic E-state index is 5.52. The number of aromatic amines is 1. The van der Waals surface area contributed by atoms with E-state index in [1.165, 1.54) is 27.6 Å². The minimum atomic E-state index is 0.681. The summed E-state index contributed by atoms with van der Waals surface area (Å²) >= 11 is 3.60. The van der Waals surface area contributed by atoms with Crippen LogP contribution in [0.4, 0.5) is 0 Å². The predicted molar refractivity (Wildman–Crippen MR) is 138 cm³/mol. The van der Waals surface area contributed by atoms with E-state index in [1.54, 1.807) is 0 Å². The third kappa shape index (κ3) is 5.07. The molecule has 0 bridgehead atoms. The Kier molecular flexibility index (Phi) is 6.65. The topological polar surface area (TPSA) is 46.1 Å². The summed E-state index contributed by atoms with van der Waals surface area (Å²) in [5.41, 5.74) is 6.33. The molecule has 0 unspecified atom stereocenters. The van der Waals surface area contributed by atoms with E-state index < -0.39 is 0 Å². The van der Waals surface area contributed by atoms with Gasteiger partial charge in [0.05, 0.1) is 18.5 Å². The quantitative estimate of drug-likeness (QED) is 0.309. The van der Waals surface area contributed by atoms with Crippen molar-refractivity contribution in [3.8, 4) is 11.4 Å². The van der Waals surface area contributed by atoms with Gasteiger partial charge in [-0.1, -0.05) is 22.0 Å². The molecule has 0 fully saturated rings. The lowest BCUT2D eigenvalue weighted by Crippen LogP contribution is -2.29. The number of nitrogens with one attached hydrogen (secondary N) is 1. The molecule has 1 aliphatic heterocycles. The summed E-state index contributed by atoms with van der Waals surface area (Å²) < 4.78 is 8.59. The Morgan fingerprint density at radius 2 is 2.03 bits per heavy atom. The lowest BCUT2D eigenvalue weighted by molar-refractivity contribution is 0.298. The van der Waals surface area contributed by atoms with Crippen molar-refractivity contribution in [2.45, 2.75) is 26.2 Å². The van der Waals surface area contributed by atoms with Gasteiger partial charge in [0.1, 0.15) is 5.75 Å². The molecule has 2 aromatic heterocycles. The van der Waals surface area contributed by atoms with Crippen LogP contribution in [0.25, 0.3) is 22.2 Å². The van der Waals surface area contributed by atoms with Crippen LogP contribution in [0.2, 0.25) is 0 Å². The number of benzene rings is 2. The standard InChI is InChI=1S/C27H29BrN4O/c1-2-33-24-8-6-23(7-9-24)32-19-20(17-30-32)4-3-13-31-14-11-21(12-15-31)26-18-29-27-10-5-22(28)16-25(26)27/h5-11,16-19,29H,2-4,12-15H2,1H3. The van der Waals surface area contributed by atoms with Crippen LogP contribution in [-0.2, 0) is 6.42 Å². The number of ether oxygens (including phenoxy) is 1. The van der Waals surface area contributed by atoms with E-state index >= 15 is 0 Å². The molecule has 170 valence electrons. The smallest absolute Gasteiger partial charge is 0.119 e. The SMILES string of the molecule is CCOc1ccc(-n2cc(CCCN3CC=C(c4c[nH]c5ccc(Br)cc45)CC3)cn2)cc1. The highest BCUT2D eigenvalue weighted by molar-refractivity contribution is 9.10. The highest BCUT2D eigenvalue weighted by atomic mass is 79.9. The van der Waals surface area contributed by atoms with Crippen LogP contribution in [0.3, 0.4) is 0 Å². The predicted octanol–water partition coefficient (Wildman–Crippen LogP) is 6.24. The van der Waals surface area contributed by atoms with Crippen LogP contribution >= 0.6 is 15.9 Å². The molecule has 3 heterocycles. The van der Waals surface area contributed by atoms with Crippen molar-refractivity contribution < 1.29 is 4.74 Å². The maximum Gasteiger partial charge on any atom is 0.119 e. The number of aryl methyl sites for hydroxylation is 1. The Labute approximate surface area is 203 Å². The third-order valence-corrected chi connectivity index (χ3v) is 6.76. The monoisotopic (exact) mass is 504 g/mol. The van der Waals surface area contributed by atoms with Crippen LogP contribution < -0.4 is 4.74 Å². The van der Waals surface area contributed by atoms with Gasteiger partial charge >= 0.3 is 0 Å². The summed E-state index contributed by atoms with van der Waals surface area (Å²) in [5, 5.41) is 5.84. The molecular formula is C27H29BrN4O. The third-order valence-electron chi connectivity index (χ3n) is 6.27. The van der Waals surface area contributed by atoms with Crippen molar-refractivity contribution in [1.82, 2.24) is 19.7 Å². The first-order valence-corrected chi connectivity index (χ1v) is 12.4. The number of H-pyrrole nitrogens is 1. The van der Waals surface area contributed by atoms with Gasteiger partial charge in [-0.05, 0) is 86.3 Å². The summed E-state index contributed by atoms with van der Waals surface area (Å²) in [5.74, 6) is 0.893. The van der Waals surface area contributed by atoms with E-state index in [0.717, 1.165) is 54.8 Å². The fraction of sp³-hybridized carbons (Fsp3) is 0.296. The molecule has 0 saturated heterocycles. The molecule has 0 spiro atoms. The first-order valence-electron chi connectivity index (χ1n) is 11.6. The van der Waals surface area contributed by atoms with Gasteiger partial charge in [0.25, 0.3) is 0 Å². The Balaban J connectivity index is 1.13. The van der Waals surface area contributed by atoms with Crippen LogP contribution in [0.5, 0.6) is 5.75 Å². The van der Waals surface area contributed by atoms with Crippen molar-refractivity contribution in [3.05, 3.63) is 82.7 Å². The van der Waals surface area contributed by atoms with Crippen molar-refractivity contribution in [2.75, 3.05) is 26.2 Å². The number of hydrogen-bond donors (Lipinski definition) is 1. The minimum absolute atomic E-state index is 0.681. The normalized spacial score (nSPS) is 14.5. The molecule has 33 heavy (non-hydrogen) atoms. The molecule has 6 heteroatoms. The van der Waals surface area contributed by atoms with E-state index in [1.807, 2.05) is 42.1 Å². The van der Waals surface area contributed by atoms with Gasteiger partial charge in [-0.2, -0.15) is 5.10 Å². The lowest BCUT2D eigenvalue weighted by Gasteiger charge is -2.26. The van der Waals surface area contributed by atoms with Crippen LogP contribution in [-0.4, -0.2) is 45.9 Å². The highest BCUT2D eigenvalue weighted by Gasteiger charge is 2.15. The molecule has 1 N–H and O–H groups in total. The summed E-state index contributed by atoms with van der Waals surface area (Å²) in [4.78, 5) is 5.96. The number of rotatable bonds is 8. The zero-order valence-electron chi connectivity index (χ0n) is 18.9. The fourth-order valence-electron chi connectivity index (χ4n) is 4.52. The minimum Gasteiger partial charge on any atom is -0.494 e. The Morgan fingerprint density at radius 1 is 1.15 bits per heavy atom. The first kappa shape index (κ1) is 22.0. The van der Waals surface area contributed by atoms with Crippen LogP contribution in [0.1, 0.15) is 30.9 Å². The second kappa shape index (κ2) is 9.98. The molecule has 5 nitrogen and oxygen atoms in total. The average Bonchev–Trinajstić information content (AvgIpc) is 3.47. The summed E-state index contributed by atoms with van der Waals surface area (Å²) in [6, 6.07) is 14.5. The second-order valence-corrected chi connectivity index (χ2v) is 9.41. The number of nitrogens with zero attached hydrogens (tertiary/aromatic N) is 3. The molecule has 2 aromatic carbocycles. The molecule has 0 atom stereocenters. The Morgan fingerprint density at radius 3 is 2.82 bits per heavy atom. The zero-order valence-corrected chi connectivity index (χ0v) is 20.5. The zero-order chi connectivity index (χ0) is 22.6. The molecule has 5 rings (SSSR count). The Hall–Kier alpha value is -2.83. The first-order chi connectivity index (χ1) is 16.2. The number of fused-ring (bicyclic) bond motifs is 1. The molecule has 4 aromatic rings. The van der Waals surface area contributed by atoms with Gasteiger partial charge in [0, 0.05) is 46.4 Å². The molecule has 0 radical (unpaired) electrons. The van der Waals surface area contributed by atoms with E-state index in [0.29, 0.717) is 6.61 Å². The maximum atomic E-state index is 5.52. The van der Waals surface area contributed by atoms with E-state index in [9.17, 15) is 0 Å². The van der Waals surface area contributed by atoms with Crippen molar-refractivity contribution in [1.29, 1.82) is 0 Å². The molecule has 0 saturated carbocycles. The highest BCUT2D eigenvalue weighted by Crippen LogP contribution is 2.31. The average molecular weight is 505 g/mol. The van der Waals surface area contributed by atoms with Crippen molar-refractivity contribution in [2.24, 2.45) is 0 Å². The van der Waals surface area contributed by atoms with Gasteiger partial charge in [0.15, 0.2) is 0 Å². The van der Waals surface area contributed by atoms with Gasteiger partial charge in [-0.15, -0.1) is 0 Å². The summed E-state index contributed by atoms with van der Waals surface area (Å²) in [7, 11) is 0. The largest absolute Gasteiger partial charge is 0.494 e. The fourth-order valence-corrected chi connectivity index (χ4v) is 4.88. The van der Waals surface area contributed by atoms with Crippen LogP contribution in [0, 0.1) is 0 Å². The van der Waals surface area contributed by atoms with Gasteiger partial charge in [-0.3, -0.25) is 4.90 Å². The molecule has 1 aliphatic rings. The van der Waals surface area contributed by atoms with Gasteiger partial charge in [0.2, 0.25) is 0 Å². The Bertz CT molecular complexity index is 1250. The van der Waals surface area contributed by atoms with Crippen molar-refractivity contribution >= 4 is 32.4 Å². The van der Waals surface area contributed by atoms with Crippen molar-refractivity contribution in [3.63, 3.8) is 0 Å². The summed E-state index contributed by atoms with van der Waals surface area (Å²) in [6.07, 6.45) is 11.9. The van der Waals surface area contributed by atoms with Gasteiger partial charge < -0.3 is 9.72 Å². The number of hydrogen-bond acceptors (Lipinski definition) is 3. The molecule has 0 aliphatic carbocycles. The molecule has 0 amide bonds. The van der Waals surface area contributed by atoms with E-state index in [2.05, 4.69) is 67.6 Å². The van der Waals surface area contributed by atoms with E-state index in [4.69, 9.17) is 4.74 Å². The van der Waals surface area contributed by atoms with Gasteiger partial charge in [-0.25, -0.2) is 4.68 Å². The number of aromatic nitrogens is 3.